The van der Waals surface area contributed by atoms with Crippen LogP contribution in [0.5, 0.6) is 0 Å². The molecule has 2 aromatic carbocycles. The van der Waals surface area contributed by atoms with Gasteiger partial charge in [-0.3, -0.25) is 19.7 Å². The minimum absolute atomic E-state index is 0.0343. The Balaban J connectivity index is 1.60. The first-order chi connectivity index (χ1) is 17.3. The van der Waals surface area contributed by atoms with Gasteiger partial charge in [0.2, 0.25) is 0 Å². The maximum absolute atomic E-state index is 12.9. The summed E-state index contributed by atoms with van der Waals surface area (Å²) < 4.78 is 2.68. The first-order valence-electron chi connectivity index (χ1n) is 10.4. The number of hydrogen-bond donors (Lipinski definition) is 1. The number of nitrogens with zero attached hydrogens (tertiary/aromatic N) is 6. The normalized spacial score (nSPS) is 10.8. The first-order valence-corrected chi connectivity index (χ1v) is 10.7. The zero-order valence-electron chi connectivity index (χ0n) is 18.6. The van der Waals surface area contributed by atoms with Gasteiger partial charge in [0.05, 0.1) is 22.5 Å². The molecule has 1 amide bonds. The molecule has 0 aliphatic carbocycles. The van der Waals surface area contributed by atoms with Crippen molar-refractivity contribution in [3.63, 3.8) is 0 Å². The molecule has 4 aromatic rings. The van der Waals surface area contributed by atoms with Crippen molar-refractivity contribution in [2.24, 2.45) is 5.10 Å². The summed E-state index contributed by atoms with van der Waals surface area (Å²) in [5.74, 6) is -0.726. The molecule has 2 aromatic heterocycles. The van der Waals surface area contributed by atoms with Crippen LogP contribution in [0.3, 0.4) is 0 Å². The Kier molecular flexibility index (Phi) is 6.71. The van der Waals surface area contributed by atoms with E-state index in [9.17, 15) is 25.0 Å². The Morgan fingerprint density at radius 3 is 2.47 bits per heavy atom. The molecule has 0 unspecified atom stereocenters. The minimum atomic E-state index is -0.726. The number of nitro benzene ring substituents is 1. The predicted molar refractivity (Wildman–Crippen MR) is 132 cm³/mol. The van der Waals surface area contributed by atoms with E-state index in [0.717, 1.165) is 4.68 Å². The summed E-state index contributed by atoms with van der Waals surface area (Å²) in [5, 5.41) is 28.9. The Morgan fingerprint density at radius 1 is 1.17 bits per heavy atom. The molecule has 0 aliphatic heterocycles. The monoisotopic (exact) mass is 501 g/mol. The first kappa shape index (κ1) is 24.1. The number of nitriles is 1. The second kappa shape index (κ2) is 10.0. The van der Waals surface area contributed by atoms with Gasteiger partial charge < -0.3 is 4.57 Å². The van der Waals surface area contributed by atoms with Gasteiger partial charge in [-0.05, 0) is 55.5 Å². The number of halogens is 1. The topological polar surface area (TPSA) is 148 Å². The van der Waals surface area contributed by atoms with Crippen molar-refractivity contribution in [1.29, 1.82) is 5.26 Å². The number of aromatic nitrogens is 3. The highest BCUT2D eigenvalue weighted by Crippen LogP contribution is 2.17. The van der Waals surface area contributed by atoms with Crippen LogP contribution in [0.2, 0.25) is 5.02 Å². The fraction of sp³-hybridized carbons (Fsp3) is 0.0417. The summed E-state index contributed by atoms with van der Waals surface area (Å²) in [5.41, 5.74) is 2.98. The highest BCUT2D eigenvalue weighted by atomic mass is 35.5. The zero-order valence-corrected chi connectivity index (χ0v) is 19.4. The number of nitro groups is 1. The van der Waals surface area contributed by atoms with Gasteiger partial charge in [-0.2, -0.15) is 20.1 Å². The van der Waals surface area contributed by atoms with E-state index >= 15 is 0 Å². The van der Waals surface area contributed by atoms with Crippen molar-refractivity contribution in [1.82, 2.24) is 19.8 Å². The molecule has 0 atom stereocenters. The largest absolute Gasteiger partial charge is 0.316 e. The Bertz CT molecular complexity index is 1600. The molecular formula is C24H16ClN7O4. The van der Waals surface area contributed by atoms with Crippen molar-refractivity contribution >= 4 is 29.4 Å². The fourth-order valence-corrected chi connectivity index (χ4v) is 3.52. The van der Waals surface area contributed by atoms with E-state index in [1.807, 2.05) is 6.07 Å². The van der Waals surface area contributed by atoms with E-state index < -0.39 is 16.4 Å². The number of non-ortho nitro benzene ring substituents is 1. The van der Waals surface area contributed by atoms with Crippen LogP contribution in [-0.2, 0) is 0 Å². The molecule has 0 spiro atoms. The van der Waals surface area contributed by atoms with Gasteiger partial charge >= 0.3 is 0 Å². The maximum Gasteiger partial charge on any atom is 0.292 e. The Labute approximate surface area is 208 Å². The fourth-order valence-electron chi connectivity index (χ4n) is 3.39. The molecule has 36 heavy (non-hydrogen) atoms. The average molecular weight is 502 g/mol. The third-order valence-electron chi connectivity index (χ3n) is 5.22. The molecule has 4 rings (SSSR count). The van der Waals surface area contributed by atoms with Crippen LogP contribution in [0.25, 0.3) is 11.4 Å². The van der Waals surface area contributed by atoms with Crippen LogP contribution in [0.4, 0.5) is 5.69 Å². The van der Waals surface area contributed by atoms with Crippen molar-refractivity contribution in [3.8, 4) is 17.4 Å². The summed E-state index contributed by atoms with van der Waals surface area (Å²) in [7, 11) is 0. The van der Waals surface area contributed by atoms with Crippen LogP contribution in [0.15, 0.2) is 76.8 Å². The smallest absolute Gasteiger partial charge is 0.292 e. The third kappa shape index (κ3) is 4.75. The Hall–Kier alpha value is -5.08. The van der Waals surface area contributed by atoms with Gasteiger partial charge in [0, 0.05) is 34.6 Å². The predicted octanol–water partition coefficient (Wildman–Crippen LogP) is 3.53. The number of carbonyl (C=O) groups excluding carboxylic acids is 1. The number of carbonyl (C=O) groups is 1. The number of amides is 1. The lowest BCUT2D eigenvalue weighted by molar-refractivity contribution is -0.384. The van der Waals surface area contributed by atoms with Gasteiger partial charge in [-0.25, -0.2) is 5.43 Å². The SMILES string of the molecule is Cc1c(C(=O)N/N=C\c2cccn2-c2ccc([N+](=O)[O-])cc2)nn(-c2ccc(Cl)cc2)c(=O)c1C#N. The van der Waals surface area contributed by atoms with Crippen molar-refractivity contribution in [2.45, 2.75) is 6.92 Å². The molecule has 0 saturated carbocycles. The highest BCUT2D eigenvalue weighted by Gasteiger charge is 2.20. The summed E-state index contributed by atoms with van der Waals surface area (Å²) >= 11 is 5.90. The van der Waals surface area contributed by atoms with Crippen LogP contribution >= 0.6 is 11.6 Å². The number of benzene rings is 2. The van der Waals surface area contributed by atoms with Crippen LogP contribution in [0, 0.1) is 28.4 Å². The molecule has 12 heteroatoms. The van der Waals surface area contributed by atoms with E-state index in [0.29, 0.717) is 22.1 Å². The third-order valence-corrected chi connectivity index (χ3v) is 5.47. The van der Waals surface area contributed by atoms with Crippen molar-refractivity contribution in [3.05, 3.63) is 115 Å². The van der Waals surface area contributed by atoms with Gasteiger partial charge in [0.1, 0.15) is 11.6 Å². The molecule has 0 bridgehead atoms. The number of rotatable bonds is 6. The van der Waals surface area contributed by atoms with Crippen molar-refractivity contribution < 1.29 is 9.72 Å². The van der Waals surface area contributed by atoms with E-state index in [1.165, 1.54) is 25.3 Å². The molecule has 0 fully saturated rings. The molecule has 0 aliphatic rings. The van der Waals surface area contributed by atoms with E-state index in [4.69, 9.17) is 11.6 Å². The lowest BCUT2D eigenvalue weighted by Gasteiger charge is -2.10. The minimum Gasteiger partial charge on any atom is -0.316 e. The van der Waals surface area contributed by atoms with Gasteiger partial charge in [0.15, 0.2) is 5.69 Å². The number of hydrazone groups is 1. The van der Waals surface area contributed by atoms with Gasteiger partial charge in [-0.1, -0.05) is 11.6 Å². The summed E-state index contributed by atoms with van der Waals surface area (Å²) in [6.07, 6.45) is 3.12. The van der Waals surface area contributed by atoms with E-state index in [-0.39, 0.29) is 22.5 Å². The summed E-state index contributed by atoms with van der Waals surface area (Å²) in [6, 6.07) is 17.4. The molecule has 0 radical (unpaired) electrons. The molecule has 178 valence electrons. The van der Waals surface area contributed by atoms with Crippen molar-refractivity contribution in [2.75, 3.05) is 0 Å². The molecule has 2 heterocycles. The van der Waals surface area contributed by atoms with E-state index in [1.54, 1.807) is 59.3 Å². The molecular weight excluding hydrogens is 486 g/mol. The molecule has 0 saturated heterocycles. The van der Waals surface area contributed by atoms with Crippen LogP contribution in [-0.4, -0.2) is 31.4 Å². The highest BCUT2D eigenvalue weighted by molar-refractivity contribution is 6.30. The second-order valence-electron chi connectivity index (χ2n) is 7.43. The second-order valence-corrected chi connectivity index (χ2v) is 7.87. The standard InChI is InChI=1S/C24H16ClN7O4/c1-15-21(13-26)24(34)31(18-6-4-16(25)5-7-18)29-22(15)23(33)28-27-14-20-3-2-12-30(20)17-8-10-19(11-9-17)32(35)36/h2-12,14H,1H3,(H,28,33)/b27-14-. The van der Waals surface area contributed by atoms with E-state index in [2.05, 4.69) is 15.6 Å². The van der Waals surface area contributed by atoms with Crippen LogP contribution < -0.4 is 11.0 Å². The maximum atomic E-state index is 12.9. The van der Waals surface area contributed by atoms with Crippen LogP contribution in [0.1, 0.15) is 27.3 Å². The molecule has 1 N–H and O–H groups in total. The number of nitrogens with one attached hydrogen (secondary N) is 1. The quantitative estimate of drug-likeness (QED) is 0.243. The Morgan fingerprint density at radius 2 is 1.83 bits per heavy atom. The summed E-state index contributed by atoms with van der Waals surface area (Å²) in [6.45, 7) is 1.46. The lowest BCUT2D eigenvalue weighted by Crippen LogP contribution is -2.31. The lowest BCUT2D eigenvalue weighted by atomic mass is 10.1. The number of hydrogen-bond acceptors (Lipinski definition) is 7. The zero-order chi connectivity index (χ0) is 25.8. The average Bonchev–Trinajstić information content (AvgIpc) is 3.33. The van der Waals surface area contributed by atoms with Gasteiger partial charge in [0.25, 0.3) is 17.2 Å². The van der Waals surface area contributed by atoms with Gasteiger partial charge in [-0.15, -0.1) is 0 Å². The summed E-state index contributed by atoms with van der Waals surface area (Å²) in [4.78, 5) is 36.0. The molecule has 11 nitrogen and oxygen atoms in total.